The van der Waals surface area contributed by atoms with Gasteiger partial charge in [0.05, 0.1) is 12.0 Å². The van der Waals surface area contributed by atoms with Gasteiger partial charge in [0.15, 0.2) is 0 Å². The van der Waals surface area contributed by atoms with E-state index in [1.807, 2.05) is 33.3 Å². The zero-order valence-electron chi connectivity index (χ0n) is 18.0. The first kappa shape index (κ1) is 23.6. The van der Waals surface area contributed by atoms with Gasteiger partial charge in [-0.05, 0) is 49.5 Å². The van der Waals surface area contributed by atoms with Crippen molar-refractivity contribution in [3.63, 3.8) is 0 Å². The molecule has 0 N–H and O–H groups in total. The van der Waals surface area contributed by atoms with E-state index in [4.69, 9.17) is 4.74 Å². The van der Waals surface area contributed by atoms with Gasteiger partial charge in [-0.1, -0.05) is 55.4 Å². The highest BCUT2D eigenvalue weighted by molar-refractivity contribution is 8.02. The number of thiol groups is 1. The number of hydrogen-bond acceptors (Lipinski definition) is 3. The molecule has 24 heavy (non-hydrogen) atoms. The van der Waals surface area contributed by atoms with Gasteiger partial charge in [0.25, 0.3) is 0 Å². The molecule has 0 aliphatic rings. The molecule has 0 rings (SSSR count). The topological polar surface area (TPSA) is 43.4 Å². The molecule has 0 aromatic rings. The van der Waals surface area contributed by atoms with E-state index in [2.05, 4.69) is 41.5 Å². The molecule has 146 valence electrons. The molecule has 0 bridgehead atoms. The first-order valence-electron chi connectivity index (χ1n) is 9.06. The molecule has 0 saturated carbocycles. The summed E-state index contributed by atoms with van der Waals surface area (Å²) in [5.74, 6) is -0.112. The van der Waals surface area contributed by atoms with E-state index >= 15 is 0 Å². The van der Waals surface area contributed by atoms with Crippen molar-refractivity contribution in [1.29, 1.82) is 0 Å². The Balaban J connectivity index is 4.86. The van der Waals surface area contributed by atoms with E-state index in [9.17, 15) is 9.00 Å². The summed E-state index contributed by atoms with van der Waals surface area (Å²) < 4.78 is 17.8. The van der Waals surface area contributed by atoms with Crippen LogP contribution in [0.3, 0.4) is 0 Å². The minimum atomic E-state index is -2.16. The Labute approximate surface area is 151 Å². The van der Waals surface area contributed by atoms with Gasteiger partial charge in [-0.15, -0.1) is 9.93 Å². The minimum Gasteiger partial charge on any atom is -0.465 e. The molecule has 0 aliphatic carbocycles. The van der Waals surface area contributed by atoms with Crippen LogP contribution in [0.2, 0.25) is 0 Å². The van der Waals surface area contributed by atoms with Crippen LogP contribution >= 0.6 is 0 Å². The van der Waals surface area contributed by atoms with Crippen molar-refractivity contribution < 1.29 is 13.7 Å². The largest absolute Gasteiger partial charge is 0.465 e. The highest BCUT2D eigenvalue weighted by Gasteiger charge is 2.47. The van der Waals surface area contributed by atoms with Crippen LogP contribution in [0.15, 0.2) is 0 Å². The van der Waals surface area contributed by atoms with Gasteiger partial charge in [-0.25, -0.2) is 0 Å². The lowest BCUT2D eigenvalue weighted by molar-refractivity contribution is -0.165. The number of esters is 1. The molecule has 3 nitrogen and oxygen atoms in total. The highest BCUT2D eigenvalue weighted by Crippen LogP contribution is 2.47. The Morgan fingerprint density at radius 1 is 0.917 bits per heavy atom. The molecule has 1 unspecified atom stereocenters. The molecular formula is C20H42O3S. The van der Waals surface area contributed by atoms with E-state index < -0.39 is 15.3 Å². The zero-order valence-corrected chi connectivity index (χ0v) is 18.9. The van der Waals surface area contributed by atoms with Crippen LogP contribution in [0.25, 0.3) is 0 Å². The lowest BCUT2D eigenvalue weighted by Crippen LogP contribution is -2.44. The van der Waals surface area contributed by atoms with Gasteiger partial charge in [-0.2, -0.15) is 0 Å². The highest BCUT2D eigenvalue weighted by atomic mass is 32.2. The van der Waals surface area contributed by atoms with Gasteiger partial charge in [0.2, 0.25) is 0 Å². The van der Waals surface area contributed by atoms with Crippen molar-refractivity contribution in [3.8, 4) is 0 Å². The van der Waals surface area contributed by atoms with Crippen molar-refractivity contribution >= 4 is 15.9 Å². The van der Waals surface area contributed by atoms with E-state index in [1.165, 1.54) is 0 Å². The quantitative estimate of drug-likeness (QED) is 0.400. The van der Waals surface area contributed by atoms with E-state index in [-0.39, 0.29) is 21.5 Å². The molecule has 0 aromatic carbocycles. The summed E-state index contributed by atoms with van der Waals surface area (Å²) in [5.41, 5.74) is -0.634. The minimum absolute atomic E-state index is 0.0557. The molecule has 0 heterocycles. The molecule has 0 aromatic heterocycles. The summed E-state index contributed by atoms with van der Waals surface area (Å²) in [7, 11) is -2.16. The number of carbonyl (C=O) groups excluding carboxylic acids is 1. The molecule has 0 radical (unpaired) electrons. The summed E-state index contributed by atoms with van der Waals surface area (Å²) in [5, 5.41) is 0. The van der Waals surface area contributed by atoms with Crippen LogP contribution in [0.4, 0.5) is 0 Å². The maximum atomic E-state index is 12.8. The second-order valence-corrected chi connectivity index (χ2v) is 14.6. The Hall–Kier alpha value is -0.380. The number of carbonyl (C=O) groups is 1. The molecule has 1 atom stereocenters. The molecule has 0 spiro atoms. The van der Waals surface area contributed by atoms with Crippen LogP contribution in [-0.4, -0.2) is 34.0 Å². The molecule has 0 amide bonds. The fraction of sp³-hybridized carbons (Fsp3) is 0.950. The van der Waals surface area contributed by atoms with Crippen LogP contribution in [0.1, 0.15) is 81.6 Å². The van der Waals surface area contributed by atoms with Crippen molar-refractivity contribution in [2.75, 3.05) is 19.1 Å². The van der Waals surface area contributed by atoms with Gasteiger partial charge >= 0.3 is 5.97 Å². The van der Waals surface area contributed by atoms with Gasteiger partial charge in [0.1, 0.15) is 0 Å². The average molecular weight is 363 g/mol. The second-order valence-electron chi connectivity index (χ2n) is 10.7. The van der Waals surface area contributed by atoms with Crippen molar-refractivity contribution in [2.24, 2.45) is 16.2 Å². The molecule has 0 aliphatic heterocycles. The summed E-state index contributed by atoms with van der Waals surface area (Å²) in [6.07, 6.45) is 6.00. The lowest BCUT2D eigenvalue weighted by atomic mass is 9.61. The SMILES string of the molecule is CC(C)(C)CC(C)(C(=O)OCCCC(C)(C)[SH](C)(C)=O)C(C)(C)C. The van der Waals surface area contributed by atoms with Crippen molar-refractivity contribution in [1.82, 2.24) is 0 Å². The van der Waals surface area contributed by atoms with Crippen LogP contribution < -0.4 is 0 Å². The Kier molecular flexibility index (Phi) is 7.35. The third kappa shape index (κ3) is 6.50. The third-order valence-electron chi connectivity index (χ3n) is 5.61. The van der Waals surface area contributed by atoms with Gasteiger partial charge < -0.3 is 4.74 Å². The second kappa shape index (κ2) is 7.47. The maximum absolute atomic E-state index is 12.8. The molecule has 0 saturated heterocycles. The summed E-state index contributed by atoms with van der Waals surface area (Å²) >= 11 is 0. The predicted octanol–water partition coefficient (Wildman–Crippen LogP) is 4.85. The number of hydrogen-bond donors (Lipinski definition) is 1. The fourth-order valence-electron chi connectivity index (χ4n) is 2.80. The molecule has 0 fully saturated rings. The molecule has 4 heteroatoms. The van der Waals surface area contributed by atoms with Crippen molar-refractivity contribution in [2.45, 2.75) is 86.3 Å². The normalized spacial score (nSPS) is 17.3. The summed E-state index contributed by atoms with van der Waals surface area (Å²) in [6.45, 7) is 19.3. The molecular weight excluding hydrogens is 320 g/mol. The zero-order chi connectivity index (χ0) is 19.6. The standard InChI is InChI=1S/C20H42O3S/c1-17(2,3)15-20(9,18(4,5)6)16(21)23-14-12-13-19(7,8)24(10,11)22/h24H,12-15H2,1-11H3. The third-order valence-corrected chi connectivity index (χ3v) is 8.75. The fourth-order valence-corrected chi connectivity index (χ4v) is 3.50. The smallest absolute Gasteiger partial charge is 0.312 e. The Morgan fingerprint density at radius 3 is 1.71 bits per heavy atom. The first-order chi connectivity index (χ1) is 10.3. The van der Waals surface area contributed by atoms with Crippen LogP contribution in [0.5, 0.6) is 0 Å². The van der Waals surface area contributed by atoms with Crippen molar-refractivity contribution in [3.05, 3.63) is 0 Å². The monoisotopic (exact) mass is 362 g/mol. The predicted molar refractivity (Wildman–Crippen MR) is 107 cm³/mol. The van der Waals surface area contributed by atoms with E-state index in [0.717, 1.165) is 19.3 Å². The first-order valence-corrected chi connectivity index (χ1v) is 11.7. The van der Waals surface area contributed by atoms with E-state index in [1.54, 1.807) is 0 Å². The number of rotatable bonds is 7. The average Bonchev–Trinajstić information content (AvgIpc) is 2.29. The Bertz CT molecular complexity index is 474. The van der Waals surface area contributed by atoms with Crippen LogP contribution in [-0.2, 0) is 19.5 Å². The van der Waals surface area contributed by atoms with E-state index in [0.29, 0.717) is 6.61 Å². The van der Waals surface area contributed by atoms with Gasteiger partial charge in [-0.3, -0.25) is 9.00 Å². The van der Waals surface area contributed by atoms with Crippen LogP contribution in [0, 0.1) is 16.2 Å². The lowest BCUT2D eigenvalue weighted by Gasteiger charge is -2.43. The number of ether oxygens (including phenoxy) is 1. The summed E-state index contributed by atoms with van der Waals surface area (Å²) in [4.78, 5) is 12.8. The Morgan fingerprint density at radius 2 is 1.38 bits per heavy atom. The summed E-state index contributed by atoms with van der Waals surface area (Å²) in [6, 6.07) is 0. The maximum Gasteiger partial charge on any atom is 0.312 e. The van der Waals surface area contributed by atoms with Gasteiger partial charge in [0, 0.05) is 4.75 Å².